The molecule has 1 atom stereocenters. The monoisotopic (exact) mass is 357 g/mol. The summed E-state index contributed by atoms with van der Waals surface area (Å²) < 4.78 is 16.7. The number of rotatable bonds is 4. The molecule has 26 heavy (non-hydrogen) atoms. The minimum absolute atomic E-state index is 0.0526. The molecule has 136 valence electrons. The zero-order chi connectivity index (χ0) is 18.8. The quantitative estimate of drug-likeness (QED) is 0.612. The van der Waals surface area contributed by atoms with Gasteiger partial charge >= 0.3 is 0 Å². The molecular weight excluding hydrogens is 338 g/mol. The number of hydrogen-bond donors (Lipinski definition) is 0. The van der Waals surface area contributed by atoms with Gasteiger partial charge in [0.15, 0.2) is 5.43 Å². The van der Waals surface area contributed by atoms with E-state index in [2.05, 4.69) is 0 Å². The predicted octanol–water partition coefficient (Wildman–Crippen LogP) is 3.72. The first kappa shape index (κ1) is 17.9. The van der Waals surface area contributed by atoms with Gasteiger partial charge in [0.1, 0.15) is 11.9 Å². The van der Waals surface area contributed by atoms with Crippen molar-refractivity contribution in [3.05, 3.63) is 72.6 Å². The average Bonchev–Trinajstić information content (AvgIpc) is 3.08. The highest BCUT2D eigenvalue weighted by atomic mass is 16.6. The molecule has 2 heterocycles. The Hall–Kier alpha value is -2.93. The van der Waals surface area contributed by atoms with Crippen LogP contribution >= 0.6 is 0 Å². The van der Waals surface area contributed by atoms with Crippen molar-refractivity contribution in [1.29, 1.82) is 0 Å². The minimum Gasteiger partial charge on any atom is -0.468 e. The molecule has 0 bridgehead atoms. The molecule has 0 spiro atoms. The van der Waals surface area contributed by atoms with Crippen LogP contribution in [0.3, 0.4) is 0 Å². The lowest BCUT2D eigenvalue weighted by Crippen LogP contribution is -2.15. The van der Waals surface area contributed by atoms with Crippen molar-refractivity contribution in [2.45, 2.75) is 26.4 Å². The van der Waals surface area contributed by atoms with Crippen LogP contribution in [0.25, 0.3) is 6.08 Å². The van der Waals surface area contributed by atoms with Crippen molar-refractivity contribution in [2.24, 2.45) is 0 Å². The molecule has 7 nitrogen and oxygen atoms in total. The Morgan fingerprint density at radius 1 is 1.23 bits per heavy atom. The molecule has 0 saturated carbocycles. The molecule has 0 unspecified atom stereocenters. The van der Waals surface area contributed by atoms with Gasteiger partial charge in [-0.25, -0.2) is 0 Å². The molecule has 0 N–H and O–H groups in total. The fourth-order valence-electron chi connectivity index (χ4n) is 3.00. The van der Waals surface area contributed by atoms with Gasteiger partial charge in [-0.3, -0.25) is 14.9 Å². The van der Waals surface area contributed by atoms with Crippen LogP contribution in [0.4, 0.5) is 5.69 Å². The normalized spacial score (nSPS) is 18.3. The first-order valence-corrected chi connectivity index (χ1v) is 8.14. The first-order valence-electron chi connectivity index (χ1n) is 8.14. The van der Waals surface area contributed by atoms with Gasteiger partial charge in [0, 0.05) is 24.1 Å². The fourth-order valence-corrected chi connectivity index (χ4v) is 3.00. The van der Waals surface area contributed by atoms with Gasteiger partial charge in [0.05, 0.1) is 24.2 Å². The van der Waals surface area contributed by atoms with Crippen molar-refractivity contribution in [3.8, 4) is 5.95 Å². The van der Waals surface area contributed by atoms with Crippen molar-refractivity contribution in [2.75, 3.05) is 13.7 Å². The largest absolute Gasteiger partial charge is 0.468 e. The van der Waals surface area contributed by atoms with Crippen LogP contribution in [0.15, 0.2) is 39.1 Å². The summed E-state index contributed by atoms with van der Waals surface area (Å²) in [5.74, 6) is 0.677. The highest BCUT2D eigenvalue weighted by Crippen LogP contribution is 2.36. The Morgan fingerprint density at radius 2 is 1.92 bits per heavy atom. The number of nitro benzene ring substituents is 1. The third kappa shape index (κ3) is 3.39. The maximum Gasteiger partial charge on any atom is 0.291 e. The number of non-ortho nitro benzene ring substituents is 1. The van der Waals surface area contributed by atoms with E-state index >= 15 is 0 Å². The van der Waals surface area contributed by atoms with Gasteiger partial charge in [-0.05, 0) is 37.1 Å². The lowest BCUT2D eigenvalue weighted by molar-refractivity contribution is -0.384. The van der Waals surface area contributed by atoms with Gasteiger partial charge in [0.2, 0.25) is 0 Å². The summed E-state index contributed by atoms with van der Waals surface area (Å²) in [4.78, 5) is 22.6. The van der Waals surface area contributed by atoms with Crippen LogP contribution in [0.2, 0.25) is 0 Å². The summed E-state index contributed by atoms with van der Waals surface area (Å²) in [5.41, 5.74) is 2.77. The molecule has 1 aromatic carbocycles. The number of benzene rings is 1. The van der Waals surface area contributed by atoms with Crippen molar-refractivity contribution < 1.29 is 18.8 Å². The van der Waals surface area contributed by atoms with Crippen molar-refractivity contribution >= 4 is 11.8 Å². The second kappa shape index (κ2) is 7.13. The molecule has 1 aliphatic heterocycles. The maximum atomic E-state index is 12.3. The molecule has 0 amide bonds. The van der Waals surface area contributed by atoms with Crippen LogP contribution in [0.1, 0.15) is 35.0 Å². The second-order valence-electron chi connectivity index (χ2n) is 6.19. The van der Waals surface area contributed by atoms with Gasteiger partial charge in [-0.15, -0.1) is 0 Å². The zero-order valence-corrected chi connectivity index (χ0v) is 14.8. The standard InChI is InChI=1S/C19H19NO6/c1-11-17(21)12(2)19(24-3)26-18(11)16-9-14(10-25-16)8-13-4-6-15(7-5-13)20(22)23/h4-8,16H,9-10H2,1-3H3/b14-8-/t16-/m1/s1. The highest BCUT2D eigenvalue weighted by molar-refractivity contribution is 5.55. The van der Waals surface area contributed by atoms with E-state index in [1.807, 2.05) is 6.08 Å². The lowest BCUT2D eigenvalue weighted by Gasteiger charge is -2.13. The van der Waals surface area contributed by atoms with Crippen molar-refractivity contribution in [3.63, 3.8) is 0 Å². The average molecular weight is 357 g/mol. The SMILES string of the molecule is COc1oc([C@H]2C/C(=C/c3ccc([N+](=O)[O-])cc3)CO2)c(C)c(=O)c1C. The van der Waals surface area contributed by atoms with Gasteiger partial charge in [0.25, 0.3) is 11.6 Å². The fraction of sp³-hybridized carbons (Fsp3) is 0.316. The maximum absolute atomic E-state index is 12.3. The number of ether oxygens (including phenoxy) is 2. The molecule has 7 heteroatoms. The molecule has 0 aliphatic carbocycles. The number of hydrogen-bond acceptors (Lipinski definition) is 6. The topological polar surface area (TPSA) is 91.8 Å². The van der Waals surface area contributed by atoms with Gasteiger partial charge in [-0.1, -0.05) is 6.08 Å². The van der Waals surface area contributed by atoms with Crippen LogP contribution in [-0.2, 0) is 4.74 Å². The molecule has 1 aromatic heterocycles. The molecule has 3 rings (SSSR count). The molecule has 1 saturated heterocycles. The molecule has 1 aliphatic rings. The van der Waals surface area contributed by atoms with Crippen molar-refractivity contribution in [1.82, 2.24) is 0 Å². The minimum atomic E-state index is -0.429. The van der Waals surface area contributed by atoms with E-state index in [4.69, 9.17) is 13.9 Å². The Labute approximate surface area is 150 Å². The van der Waals surface area contributed by atoms with E-state index in [1.165, 1.54) is 19.2 Å². The summed E-state index contributed by atoms with van der Waals surface area (Å²) in [6, 6.07) is 6.32. The van der Waals surface area contributed by atoms with Crippen LogP contribution in [-0.4, -0.2) is 18.6 Å². The summed E-state index contributed by atoms with van der Waals surface area (Å²) >= 11 is 0. The van der Waals surface area contributed by atoms with Crippen LogP contribution < -0.4 is 10.2 Å². The summed E-state index contributed by atoms with van der Waals surface area (Å²) in [7, 11) is 1.46. The highest BCUT2D eigenvalue weighted by Gasteiger charge is 2.28. The zero-order valence-electron chi connectivity index (χ0n) is 14.8. The Balaban J connectivity index is 1.83. The number of nitro groups is 1. The van der Waals surface area contributed by atoms with Crippen LogP contribution in [0, 0.1) is 24.0 Å². The molecular formula is C19H19NO6. The molecule has 2 aromatic rings. The van der Waals surface area contributed by atoms with E-state index in [9.17, 15) is 14.9 Å². The van der Waals surface area contributed by atoms with Gasteiger partial charge in [-0.2, -0.15) is 0 Å². The second-order valence-corrected chi connectivity index (χ2v) is 6.19. The number of methoxy groups -OCH3 is 1. The van der Waals surface area contributed by atoms with Gasteiger partial charge < -0.3 is 13.9 Å². The summed E-state index contributed by atoms with van der Waals surface area (Å²) in [5, 5.41) is 10.7. The molecule has 1 fully saturated rings. The first-order chi connectivity index (χ1) is 12.4. The Kier molecular flexibility index (Phi) is 4.90. The van der Waals surface area contributed by atoms with Crippen LogP contribution in [0.5, 0.6) is 5.95 Å². The lowest BCUT2D eigenvalue weighted by atomic mass is 10.0. The van der Waals surface area contributed by atoms with E-state index in [0.29, 0.717) is 29.9 Å². The molecule has 0 radical (unpaired) electrons. The predicted molar refractivity (Wildman–Crippen MR) is 95.4 cm³/mol. The summed E-state index contributed by atoms with van der Waals surface area (Å²) in [6.07, 6.45) is 2.15. The van der Waals surface area contributed by atoms with E-state index in [0.717, 1.165) is 11.1 Å². The number of nitrogens with zero attached hydrogens (tertiary/aromatic N) is 1. The Bertz CT molecular complexity index is 926. The Morgan fingerprint density at radius 3 is 2.54 bits per heavy atom. The van der Waals surface area contributed by atoms with E-state index < -0.39 is 4.92 Å². The summed E-state index contributed by atoms with van der Waals surface area (Å²) in [6.45, 7) is 3.78. The van der Waals surface area contributed by atoms with E-state index in [-0.39, 0.29) is 23.2 Å². The smallest absolute Gasteiger partial charge is 0.291 e. The third-order valence-corrected chi connectivity index (χ3v) is 4.43. The third-order valence-electron chi connectivity index (χ3n) is 4.43. The van der Waals surface area contributed by atoms with E-state index in [1.54, 1.807) is 26.0 Å².